The van der Waals surface area contributed by atoms with Crippen LogP contribution < -0.4 is 4.74 Å². The number of methoxy groups -OCH3 is 1. The number of hydrogen-bond acceptors (Lipinski definition) is 3. The summed E-state index contributed by atoms with van der Waals surface area (Å²) in [5.41, 5.74) is 3.58. The maximum absolute atomic E-state index is 5.35. The predicted molar refractivity (Wildman–Crippen MR) is 86.4 cm³/mol. The Hall–Kier alpha value is -2.29. The second kappa shape index (κ2) is 5.60. The molecule has 0 saturated heterocycles. The summed E-state index contributed by atoms with van der Waals surface area (Å²) in [5, 5.41) is 0. The second-order valence-electron chi connectivity index (χ2n) is 5.40. The second-order valence-corrected chi connectivity index (χ2v) is 5.40. The van der Waals surface area contributed by atoms with E-state index in [9.17, 15) is 0 Å². The molecule has 0 bridgehead atoms. The minimum Gasteiger partial charge on any atom is -0.497 e. The number of aliphatic imine (C=N–C) groups is 1. The fraction of sp³-hybridized carbons (Fsp3) is 0.278. The third-order valence-electron chi connectivity index (χ3n) is 4.14. The van der Waals surface area contributed by atoms with Gasteiger partial charge in [0, 0.05) is 7.05 Å². The van der Waals surface area contributed by atoms with Crippen molar-refractivity contribution in [3.8, 4) is 5.75 Å². The molecule has 21 heavy (non-hydrogen) atoms. The SMILES string of the molecule is COc1ccc2c(c1)CC(c1ccccc1)N(C)C(C)=N2. The molecule has 0 aliphatic carbocycles. The average Bonchev–Trinajstić information content (AvgIpc) is 2.65. The van der Waals surface area contributed by atoms with E-state index >= 15 is 0 Å². The van der Waals surface area contributed by atoms with Gasteiger partial charge in [0.2, 0.25) is 0 Å². The zero-order valence-corrected chi connectivity index (χ0v) is 12.7. The van der Waals surface area contributed by atoms with E-state index in [1.807, 2.05) is 12.1 Å². The van der Waals surface area contributed by atoms with Crippen LogP contribution in [-0.4, -0.2) is 24.9 Å². The van der Waals surface area contributed by atoms with Crippen LogP contribution in [0, 0.1) is 0 Å². The molecular weight excluding hydrogens is 260 g/mol. The van der Waals surface area contributed by atoms with Crippen molar-refractivity contribution in [1.29, 1.82) is 0 Å². The van der Waals surface area contributed by atoms with Gasteiger partial charge in [-0.3, -0.25) is 0 Å². The average molecular weight is 280 g/mol. The summed E-state index contributed by atoms with van der Waals surface area (Å²) in [6.45, 7) is 2.06. The maximum Gasteiger partial charge on any atom is 0.119 e. The number of amidine groups is 1. The third kappa shape index (κ3) is 2.64. The lowest BCUT2D eigenvalue weighted by Gasteiger charge is -2.28. The van der Waals surface area contributed by atoms with Crippen molar-refractivity contribution in [3.05, 3.63) is 59.7 Å². The summed E-state index contributed by atoms with van der Waals surface area (Å²) in [5.74, 6) is 1.92. The van der Waals surface area contributed by atoms with Gasteiger partial charge in [-0.05, 0) is 42.7 Å². The van der Waals surface area contributed by atoms with Crippen molar-refractivity contribution in [2.75, 3.05) is 14.2 Å². The van der Waals surface area contributed by atoms with Crippen LogP contribution in [0.15, 0.2) is 53.5 Å². The first-order chi connectivity index (χ1) is 10.2. The molecule has 1 unspecified atom stereocenters. The lowest BCUT2D eigenvalue weighted by Crippen LogP contribution is -2.29. The molecule has 1 aliphatic heterocycles. The quantitative estimate of drug-likeness (QED) is 0.831. The molecule has 0 spiro atoms. The van der Waals surface area contributed by atoms with Gasteiger partial charge in [0.1, 0.15) is 11.6 Å². The van der Waals surface area contributed by atoms with E-state index in [0.717, 1.165) is 23.7 Å². The van der Waals surface area contributed by atoms with Gasteiger partial charge in [-0.2, -0.15) is 0 Å². The van der Waals surface area contributed by atoms with Crippen molar-refractivity contribution in [1.82, 2.24) is 4.90 Å². The molecule has 108 valence electrons. The monoisotopic (exact) mass is 280 g/mol. The number of benzene rings is 2. The number of likely N-dealkylation sites (N-methyl/N-ethyl adjacent to an activating group) is 1. The Morgan fingerprint density at radius 3 is 2.62 bits per heavy atom. The van der Waals surface area contributed by atoms with E-state index < -0.39 is 0 Å². The Balaban J connectivity index is 2.06. The van der Waals surface area contributed by atoms with Gasteiger partial charge in [-0.15, -0.1) is 0 Å². The molecule has 1 heterocycles. The molecule has 3 heteroatoms. The van der Waals surface area contributed by atoms with Crippen molar-refractivity contribution >= 4 is 11.5 Å². The molecular formula is C18H20N2O. The Morgan fingerprint density at radius 1 is 1.14 bits per heavy atom. The highest BCUT2D eigenvalue weighted by Gasteiger charge is 2.23. The zero-order valence-electron chi connectivity index (χ0n) is 12.7. The van der Waals surface area contributed by atoms with E-state index in [4.69, 9.17) is 9.73 Å². The van der Waals surface area contributed by atoms with Crippen molar-refractivity contribution in [3.63, 3.8) is 0 Å². The molecule has 2 aromatic rings. The highest BCUT2D eigenvalue weighted by Crippen LogP contribution is 2.34. The Morgan fingerprint density at radius 2 is 1.90 bits per heavy atom. The first-order valence-corrected chi connectivity index (χ1v) is 7.19. The van der Waals surface area contributed by atoms with Crippen LogP contribution in [0.3, 0.4) is 0 Å². The molecule has 1 atom stereocenters. The summed E-state index contributed by atoms with van der Waals surface area (Å²) in [4.78, 5) is 7.01. The highest BCUT2D eigenvalue weighted by molar-refractivity contribution is 5.84. The Kier molecular flexibility index (Phi) is 3.65. The highest BCUT2D eigenvalue weighted by atomic mass is 16.5. The normalized spacial score (nSPS) is 17.8. The summed E-state index contributed by atoms with van der Waals surface area (Å²) in [6.07, 6.45) is 0.924. The van der Waals surface area contributed by atoms with Crippen molar-refractivity contribution < 1.29 is 4.74 Å². The molecule has 2 aromatic carbocycles. The zero-order chi connectivity index (χ0) is 14.8. The first-order valence-electron chi connectivity index (χ1n) is 7.19. The van der Waals surface area contributed by atoms with Crippen LogP contribution in [0.5, 0.6) is 5.75 Å². The van der Waals surface area contributed by atoms with Crippen LogP contribution in [0.25, 0.3) is 0 Å². The van der Waals surface area contributed by atoms with Crippen LogP contribution >= 0.6 is 0 Å². The molecule has 0 saturated carbocycles. The van der Waals surface area contributed by atoms with Crippen LogP contribution in [0.4, 0.5) is 5.69 Å². The number of hydrogen-bond donors (Lipinski definition) is 0. The fourth-order valence-electron chi connectivity index (χ4n) is 2.80. The predicted octanol–water partition coefficient (Wildman–Crippen LogP) is 3.97. The molecule has 3 rings (SSSR count). The van der Waals surface area contributed by atoms with Gasteiger partial charge in [0.15, 0.2) is 0 Å². The minimum absolute atomic E-state index is 0.295. The number of rotatable bonds is 2. The van der Waals surface area contributed by atoms with Gasteiger partial charge in [0.25, 0.3) is 0 Å². The van der Waals surface area contributed by atoms with Crippen LogP contribution in [0.2, 0.25) is 0 Å². The van der Waals surface area contributed by atoms with E-state index in [-0.39, 0.29) is 0 Å². The molecule has 0 radical (unpaired) electrons. The van der Waals surface area contributed by atoms with E-state index in [0.29, 0.717) is 6.04 Å². The molecule has 0 amide bonds. The van der Waals surface area contributed by atoms with Gasteiger partial charge < -0.3 is 9.64 Å². The lowest BCUT2D eigenvalue weighted by molar-refractivity contribution is 0.373. The Labute approximate surface area is 125 Å². The maximum atomic E-state index is 5.35. The lowest BCUT2D eigenvalue weighted by atomic mass is 9.97. The van der Waals surface area contributed by atoms with Gasteiger partial charge >= 0.3 is 0 Å². The van der Waals surface area contributed by atoms with Gasteiger partial charge in [0.05, 0.1) is 18.8 Å². The molecule has 1 aliphatic rings. The molecule has 0 aromatic heterocycles. The first kappa shape index (κ1) is 13.7. The van der Waals surface area contributed by atoms with Crippen LogP contribution in [-0.2, 0) is 6.42 Å². The van der Waals surface area contributed by atoms with Crippen molar-refractivity contribution in [2.24, 2.45) is 4.99 Å². The summed E-state index contributed by atoms with van der Waals surface area (Å²) in [6, 6.07) is 17.0. The Bertz CT molecular complexity index is 664. The van der Waals surface area contributed by atoms with E-state index in [1.54, 1.807) is 7.11 Å². The summed E-state index contributed by atoms with van der Waals surface area (Å²) >= 11 is 0. The molecule has 0 N–H and O–H groups in total. The largest absolute Gasteiger partial charge is 0.497 e. The smallest absolute Gasteiger partial charge is 0.119 e. The minimum atomic E-state index is 0.295. The topological polar surface area (TPSA) is 24.8 Å². The van der Waals surface area contributed by atoms with Gasteiger partial charge in [-0.1, -0.05) is 30.3 Å². The number of nitrogens with zero attached hydrogens (tertiary/aromatic N) is 2. The number of ether oxygens (including phenoxy) is 1. The standard InChI is InChI=1S/C18H20N2O/c1-13-19-17-10-9-16(21-3)11-15(17)12-18(20(13)2)14-7-5-4-6-8-14/h4-11,18H,12H2,1-3H3. The van der Waals surface area contributed by atoms with Crippen LogP contribution in [0.1, 0.15) is 24.1 Å². The third-order valence-corrected chi connectivity index (χ3v) is 4.14. The summed E-state index contributed by atoms with van der Waals surface area (Å²) in [7, 11) is 3.81. The van der Waals surface area contributed by atoms with E-state index in [1.165, 1.54) is 11.1 Å². The van der Waals surface area contributed by atoms with Gasteiger partial charge in [-0.25, -0.2) is 4.99 Å². The summed E-state index contributed by atoms with van der Waals surface area (Å²) < 4.78 is 5.35. The molecule has 0 fully saturated rings. The fourth-order valence-corrected chi connectivity index (χ4v) is 2.80. The molecule has 3 nitrogen and oxygen atoms in total. The number of fused-ring (bicyclic) bond motifs is 1. The van der Waals surface area contributed by atoms with Crippen molar-refractivity contribution in [2.45, 2.75) is 19.4 Å². The van der Waals surface area contributed by atoms with E-state index in [2.05, 4.69) is 55.3 Å².